The van der Waals surface area contributed by atoms with Crippen molar-refractivity contribution in [2.45, 2.75) is 0 Å². The van der Waals surface area contributed by atoms with Crippen molar-refractivity contribution in [3.8, 4) is 6.19 Å². The number of nitro benzene ring substituents is 1. The van der Waals surface area contributed by atoms with Gasteiger partial charge in [-0.05, 0) is 6.07 Å². The maximum atomic E-state index is 11.1. The first-order valence-electron chi connectivity index (χ1n) is 3.59. The molecule has 0 fully saturated rings. The number of nitrogens with zero attached hydrogens (tertiary/aromatic N) is 2. The van der Waals surface area contributed by atoms with Crippen LogP contribution in [-0.2, 0) is 0 Å². The van der Waals surface area contributed by atoms with E-state index in [1.807, 2.05) is 5.32 Å². The van der Waals surface area contributed by atoms with Crippen LogP contribution in [0.2, 0.25) is 0 Å². The largest absolute Gasteiger partial charge is 0.270 e. The predicted molar refractivity (Wildman–Crippen MR) is 46.2 cm³/mol. The highest BCUT2D eigenvalue weighted by molar-refractivity contribution is 5.95. The number of carbonyl (C=O) groups excluding carboxylic acids is 1. The van der Waals surface area contributed by atoms with Gasteiger partial charge in [-0.3, -0.25) is 20.2 Å². The van der Waals surface area contributed by atoms with E-state index in [2.05, 4.69) is 0 Å². The summed E-state index contributed by atoms with van der Waals surface area (Å²) in [6, 6.07) is 5.14. The normalized spacial score (nSPS) is 8.79. The number of amides is 1. The highest BCUT2D eigenvalue weighted by Crippen LogP contribution is 2.12. The molecule has 1 amide bonds. The molecule has 0 heterocycles. The molecule has 0 aliphatic carbocycles. The highest BCUT2D eigenvalue weighted by atomic mass is 16.6. The van der Waals surface area contributed by atoms with Crippen LogP contribution >= 0.6 is 0 Å². The van der Waals surface area contributed by atoms with E-state index in [1.165, 1.54) is 24.4 Å². The molecule has 1 aromatic rings. The third-order valence-electron chi connectivity index (χ3n) is 1.49. The van der Waals surface area contributed by atoms with Crippen LogP contribution in [0.25, 0.3) is 0 Å². The van der Waals surface area contributed by atoms with Crippen molar-refractivity contribution in [2.75, 3.05) is 0 Å². The molecule has 0 aromatic heterocycles. The van der Waals surface area contributed by atoms with Crippen LogP contribution in [0.5, 0.6) is 0 Å². The topological polar surface area (TPSA) is 96.0 Å². The van der Waals surface area contributed by atoms with Crippen molar-refractivity contribution in [3.05, 3.63) is 39.9 Å². The van der Waals surface area contributed by atoms with Crippen molar-refractivity contribution >= 4 is 11.6 Å². The lowest BCUT2D eigenvalue weighted by atomic mass is 10.2. The smallest absolute Gasteiger partial charge is 0.268 e. The third-order valence-corrected chi connectivity index (χ3v) is 1.49. The van der Waals surface area contributed by atoms with Gasteiger partial charge in [0.2, 0.25) is 0 Å². The number of non-ortho nitro benzene ring substituents is 1. The maximum absolute atomic E-state index is 11.1. The van der Waals surface area contributed by atoms with Crippen molar-refractivity contribution in [2.24, 2.45) is 0 Å². The molecule has 6 nitrogen and oxygen atoms in total. The summed E-state index contributed by atoms with van der Waals surface area (Å²) in [6.07, 6.45) is 1.45. The molecular weight excluding hydrogens is 186 g/mol. The van der Waals surface area contributed by atoms with Gasteiger partial charge in [-0.1, -0.05) is 6.07 Å². The average Bonchev–Trinajstić information content (AvgIpc) is 2.18. The van der Waals surface area contributed by atoms with Crippen LogP contribution in [-0.4, -0.2) is 10.8 Å². The fourth-order valence-electron chi connectivity index (χ4n) is 0.884. The van der Waals surface area contributed by atoms with Crippen LogP contribution in [0.1, 0.15) is 10.4 Å². The van der Waals surface area contributed by atoms with Crippen molar-refractivity contribution in [1.82, 2.24) is 5.32 Å². The van der Waals surface area contributed by atoms with Crippen molar-refractivity contribution in [1.29, 1.82) is 5.26 Å². The van der Waals surface area contributed by atoms with Gasteiger partial charge in [0.25, 0.3) is 11.6 Å². The second-order valence-electron chi connectivity index (χ2n) is 2.37. The van der Waals surface area contributed by atoms with Crippen molar-refractivity contribution in [3.63, 3.8) is 0 Å². The Morgan fingerprint density at radius 2 is 2.29 bits per heavy atom. The number of nitriles is 1. The first-order chi connectivity index (χ1) is 6.65. The van der Waals surface area contributed by atoms with Crippen LogP contribution in [0.15, 0.2) is 24.3 Å². The Hall–Kier alpha value is -2.42. The third kappa shape index (κ3) is 2.04. The van der Waals surface area contributed by atoms with Gasteiger partial charge in [0, 0.05) is 17.7 Å². The summed E-state index contributed by atoms with van der Waals surface area (Å²) in [6.45, 7) is 0. The Bertz CT molecular complexity index is 422. The SMILES string of the molecule is N#CNC(=O)c1cccc([N+](=O)[O-])c1. The number of nitro groups is 1. The number of rotatable bonds is 2. The minimum absolute atomic E-state index is 0.0840. The first kappa shape index (κ1) is 9.67. The lowest BCUT2D eigenvalue weighted by Gasteiger charge is -1.96. The van der Waals surface area contributed by atoms with Gasteiger partial charge in [0.1, 0.15) is 0 Å². The molecule has 0 spiro atoms. The molecule has 1 N–H and O–H groups in total. The Morgan fingerprint density at radius 3 is 2.86 bits per heavy atom. The van der Waals surface area contributed by atoms with E-state index in [0.29, 0.717) is 0 Å². The van der Waals surface area contributed by atoms with Gasteiger partial charge < -0.3 is 0 Å². The number of nitrogens with one attached hydrogen (secondary N) is 1. The molecule has 0 saturated heterocycles. The molecule has 14 heavy (non-hydrogen) atoms. The summed E-state index contributed by atoms with van der Waals surface area (Å²) in [7, 11) is 0. The molecule has 6 heteroatoms. The minimum atomic E-state index is -0.656. The van der Waals surface area contributed by atoms with E-state index in [0.717, 1.165) is 6.07 Å². The molecule has 0 aliphatic heterocycles. The molecule has 1 rings (SSSR count). The Morgan fingerprint density at radius 1 is 1.57 bits per heavy atom. The molecule has 70 valence electrons. The fourth-order valence-corrected chi connectivity index (χ4v) is 0.884. The summed E-state index contributed by atoms with van der Waals surface area (Å²) in [5, 5.41) is 20.4. The van der Waals surface area contributed by atoms with Gasteiger partial charge in [-0.2, -0.15) is 5.26 Å². The zero-order valence-electron chi connectivity index (χ0n) is 6.93. The van der Waals surface area contributed by atoms with Crippen LogP contribution in [0.3, 0.4) is 0 Å². The van der Waals surface area contributed by atoms with E-state index in [1.54, 1.807) is 0 Å². The molecule has 1 aromatic carbocycles. The summed E-state index contributed by atoms with van der Waals surface area (Å²) < 4.78 is 0. The molecule has 0 atom stereocenters. The van der Waals surface area contributed by atoms with Crippen LogP contribution < -0.4 is 5.32 Å². The van der Waals surface area contributed by atoms with Crippen LogP contribution in [0.4, 0.5) is 5.69 Å². The summed E-state index contributed by atoms with van der Waals surface area (Å²) in [5.41, 5.74) is -0.101. The Balaban J connectivity index is 3.01. The van der Waals surface area contributed by atoms with E-state index in [-0.39, 0.29) is 11.3 Å². The van der Waals surface area contributed by atoms with Gasteiger partial charge in [0.05, 0.1) is 4.92 Å². The summed E-state index contributed by atoms with van der Waals surface area (Å²) in [4.78, 5) is 20.8. The van der Waals surface area contributed by atoms with Gasteiger partial charge in [0.15, 0.2) is 6.19 Å². The molecule has 0 radical (unpaired) electrons. The Labute approximate surface area is 78.9 Å². The zero-order valence-corrected chi connectivity index (χ0v) is 6.93. The van der Waals surface area contributed by atoms with Crippen LogP contribution in [0, 0.1) is 21.6 Å². The molecule has 0 aliphatic rings. The lowest BCUT2D eigenvalue weighted by molar-refractivity contribution is -0.384. The molecule has 0 saturated carbocycles. The lowest BCUT2D eigenvalue weighted by Crippen LogP contribution is -2.17. The van der Waals surface area contributed by atoms with E-state index >= 15 is 0 Å². The monoisotopic (exact) mass is 191 g/mol. The van der Waals surface area contributed by atoms with E-state index in [4.69, 9.17) is 5.26 Å². The molecule has 0 bridgehead atoms. The maximum Gasteiger partial charge on any atom is 0.270 e. The zero-order chi connectivity index (χ0) is 10.6. The second kappa shape index (κ2) is 4.00. The predicted octanol–water partition coefficient (Wildman–Crippen LogP) is 0.806. The van der Waals surface area contributed by atoms with Gasteiger partial charge in [-0.15, -0.1) is 0 Å². The molecule has 0 unspecified atom stereocenters. The van der Waals surface area contributed by atoms with E-state index in [9.17, 15) is 14.9 Å². The first-order valence-corrected chi connectivity index (χ1v) is 3.59. The Kier molecular flexibility index (Phi) is 2.76. The highest BCUT2D eigenvalue weighted by Gasteiger charge is 2.10. The standard InChI is InChI=1S/C8H5N3O3/c9-5-10-8(12)6-2-1-3-7(4-6)11(13)14/h1-4H,(H,10,12). The summed E-state index contributed by atoms with van der Waals surface area (Å²) in [5.74, 6) is -0.656. The fraction of sp³-hybridized carbons (Fsp3) is 0. The number of benzene rings is 1. The number of hydrogen-bond acceptors (Lipinski definition) is 4. The average molecular weight is 191 g/mol. The number of carbonyl (C=O) groups is 1. The summed E-state index contributed by atoms with van der Waals surface area (Å²) >= 11 is 0. The minimum Gasteiger partial charge on any atom is -0.268 e. The van der Waals surface area contributed by atoms with Crippen molar-refractivity contribution < 1.29 is 9.72 Å². The second-order valence-corrected chi connectivity index (χ2v) is 2.37. The number of hydrogen-bond donors (Lipinski definition) is 1. The quantitative estimate of drug-likeness (QED) is 0.323. The molecular formula is C8H5N3O3. The van der Waals surface area contributed by atoms with Gasteiger partial charge >= 0.3 is 0 Å². The van der Waals surface area contributed by atoms with Gasteiger partial charge in [-0.25, -0.2) is 0 Å². The van der Waals surface area contributed by atoms with E-state index < -0.39 is 10.8 Å².